The Hall–Kier alpha value is -1.46. The topological polar surface area (TPSA) is 56.0 Å². The SMILES string of the molecule is O=[N+]([O-])c1ccc(-c2nccs2)cc1Cl. The van der Waals surface area contributed by atoms with E-state index in [1.54, 1.807) is 18.3 Å². The van der Waals surface area contributed by atoms with Crippen molar-refractivity contribution in [2.24, 2.45) is 0 Å². The quantitative estimate of drug-likeness (QED) is 0.597. The molecule has 6 heteroatoms. The molecule has 4 nitrogen and oxygen atoms in total. The van der Waals surface area contributed by atoms with Gasteiger partial charge in [-0.2, -0.15) is 0 Å². The number of hydrogen-bond donors (Lipinski definition) is 0. The van der Waals surface area contributed by atoms with E-state index in [-0.39, 0.29) is 10.7 Å². The summed E-state index contributed by atoms with van der Waals surface area (Å²) in [6, 6.07) is 4.58. The molecule has 0 fully saturated rings. The molecule has 1 aromatic carbocycles. The molecule has 0 unspecified atom stereocenters. The largest absolute Gasteiger partial charge is 0.287 e. The van der Waals surface area contributed by atoms with E-state index in [1.165, 1.54) is 17.4 Å². The van der Waals surface area contributed by atoms with E-state index in [1.807, 2.05) is 5.38 Å². The Morgan fingerprint density at radius 2 is 2.27 bits per heavy atom. The van der Waals surface area contributed by atoms with E-state index in [0.29, 0.717) is 0 Å². The summed E-state index contributed by atoms with van der Waals surface area (Å²) in [6.45, 7) is 0. The van der Waals surface area contributed by atoms with Crippen LogP contribution in [-0.4, -0.2) is 9.91 Å². The van der Waals surface area contributed by atoms with Crippen LogP contribution < -0.4 is 0 Å². The lowest BCUT2D eigenvalue weighted by molar-refractivity contribution is -0.384. The van der Waals surface area contributed by atoms with Crippen LogP contribution in [0.2, 0.25) is 5.02 Å². The molecule has 0 N–H and O–H groups in total. The first kappa shape index (κ1) is 10.1. The average molecular weight is 241 g/mol. The number of hydrogen-bond acceptors (Lipinski definition) is 4. The fraction of sp³-hybridized carbons (Fsp3) is 0. The molecular formula is C9H5ClN2O2S. The molecule has 0 aliphatic heterocycles. The van der Waals surface area contributed by atoms with Gasteiger partial charge in [0.2, 0.25) is 0 Å². The molecule has 0 aliphatic rings. The molecule has 0 spiro atoms. The Kier molecular flexibility index (Phi) is 2.66. The molecule has 76 valence electrons. The predicted molar refractivity (Wildman–Crippen MR) is 59.2 cm³/mol. The van der Waals surface area contributed by atoms with Crippen molar-refractivity contribution in [3.05, 3.63) is 44.9 Å². The molecule has 0 amide bonds. The third-order valence-corrected chi connectivity index (χ3v) is 2.95. The number of rotatable bonds is 2. The van der Waals surface area contributed by atoms with Crippen molar-refractivity contribution in [3.63, 3.8) is 0 Å². The number of thiazole rings is 1. The highest BCUT2D eigenvalue weighted by molar-refractivity contribution is 7.13. The molecule has 0 aliphatic carbocycles. The minimum atomic E-state index is -0.506. The summed E-state index contributed by atoms with van der Waals surface area (Å²) >= 11 is 7.24. The summed E-state index contributed by atoms with van der Waals surface area (Å²) < 4.78 is 0. The second-order valence-corrected chi connectivity index (χ2v) is 4.06. The fourth-order valence-electron chi connectivity index (χ4n) is 1.15. The number of benzene rings is 1. The molecule has 0 atom stereocenters. The molecule has 0 saturated heterocycles. The number of nitro benzene ring substituents is 1. The monoisotopic (exact) mass is 240 g/mol. The van der Waals surface area contributed by atoms with E-state index in [0.717, 1.165) is 10.6 Å². The second-order valence-electron chi connectivity index (χ2n) is 2.76. The number of aromatic nitrogens is 1. The minimum Gasteiger partial charge on any atom is -0.258 e. The first-order chi connectivity index (χ1) is 7.18. The smallest absolute Gasteiger partial charge is 0.258 e. The van der Waals surface area contributed by atoms with Crippen molar-refractivity contribution in [2.45, 2.75) is 0 Å². The van der Waals surface area contributed by atoms with Gasteiger partial charge in [0.1, 0.15) is 10.0 Å². The normalized spacial score (nSPS) is 10.2. The van der Waals surface area contributed by atoms with Crippen molar-refractivity contribution < 1.29 is 4.92 Å². The van der Waals surface area contributed by atoms with Crippen LogP contribution >= 0.6 is 22.9 Å². The zero-order valence-electron chi connectivity index (χ0n) is 7.38. The van der Waals surface area contributed by atoms with Crippen molar-refractivity contribution in [2.75, 3.05) is 0 Å². The van der Waals surface area contributed by atoms with Crippen molar-refractivity contribution >= 4 is 28.6 Å². The van der Waals surface area contributed by atoms with E-state index in [2.05, 4.69) is 4.98 Å². The average Bonchev–Trinajstić information content (AvgIpc) is 2.69. The van der Waals surface area contributed by atoms with Gasteiger partial charge in [-0.15, -0.1) is 11.3 Å². The van der Waals surface area contributed by atoms with Gasteiger partial charge < -0.3 is 0 Å². The fourth-order valence-corrected chi connectivity index (χ4v) is 2.04. The van der Waals surface area contributed by atoms with Gasteiger partial charge in [-0.05, 0) is 12.1 Å². The van der Waals surface area contributed by atoms with Crippen LogP contribution in [0.4, 0.5) is 5.69 Å². The van der Waals surface area contributed by atoms with Crippen LogP contribution in [-0.2, 0) is 0 Å². The Labute approximate surface area is 94.3 Å². The lowest BCUT2D eigenvalue weighted by Crippen LogP contribution is -1.89. The molecule has 0 radical (unpaired) electrons. The van der Waals surface area contributed by atoms with Gasteiger partial charge in [-0.1, -0.05) is 11.6 Å². The maximum atomic E-state index is 10.5. The standard InChI is InChI=1S/C9H5ClN2O2S/c10-7-5-6(9-11-3-4-15-9)1-2-8(7)12(13)14/h1-5H. The van der Waals surface area contributed by atoms with Crippen molar-refractivity contribution in [1.29, 1.82) is 0 Å². The minimum absolute atomic E-state index is 0.0861. The molecule has 1 heterocycles. The maximum absolute atomic E-state index is 10.5. The zero-order valence-corrected chi connectivity index (χ0v) is 8.96. The molecule has 15 heavy (non-hydrogen) atoms. The Bertz CT molecular complexity index is 499. The summed E-state index contributed by atoms with van der Waals surface area (Å²) in [4.78, 5) is 14.1. The van der Waals surface area contributed by atoms with Gasteiger partial charge in [0.15, 0.2) is 0 Å². The third-order valence-electron chi connectivity index (χ3n) is 1.82. The number of halogens is 1. The second kappa shape index (κ2) is 3.96. The van der Waals surface area contributed by atoms with Crippen LogP contribution in [0.5, 0.6) is 0 Å². The Balaban J connectivity index is 2.47. The Morgan fingerprint density at radius 3 is 2.80 bits per heavy atom. The van der Waals surface area contributed by atoms with Gasteiger partial charge in [-0.25, -0.2) is 4.98 Å². The molecule has 1 aromatic heterocycles. The van der Waals surface area contributed by atoms with Crippen LogP contribution in [0.3, 0.4) is 0 Å². The molecular weight excluding hydrogens is 236 g/mol. The highest BCUT2D eigenvalue weighted by Crippen LogP contribution is 2.30. The lowest BCUT2D eigenvalue weighted by Gasteiger charge is -1.98. The predicted octanol–water partition coefficient (Wildman–Crippen LogP) is 3.37. The van der Waals surface area contributed by atoms with Crippen LogP contribution in [0.15, 0.2) is 29.8 Å². The summed E-state index contributed by atoms with van der Waals surface area (Å²) in [6.07, 6.45) is 1.68. The molecule has 2 aromatic rings. The highest BCUT2D eigenvalue weighted by atomic mass is 35.5. The first-order valence-corrected chi connectivity index (χ1v) is 5.28. The van der Waals surface area contributed by atoms with Crippen LogP contribution in [0.1, 0.15) is 0 Å². The third kappa shape index (κ3) is 1.98. The van der Waals surface area contributed by atoms with Crippen molar-refractivity contribution in [1.82, 2.24) is 4.98 Å². The highest BCUT2D eigenvalue weighted by Gasteiger charge is 2.13. The van der Waals surface area contributed by atoms with E-state index in [9.17, 15) is 10.1 Å². The molecule has 0 bridgehead atoms. The summed E-state index contributed by atoms with van der Waals surface area (Å²) in [5.74, 6) is 0. The van der Waals surface area contributed by atoms with E-state index >= 15 is 0 Å². The Morgan fingerprint density at radius 1 is 1.47 bits per heavy atom. The number of nitrogens with zero attached hydrogens (tertiary/aromatic N) is 2. The molecule has 2 rings (SSSR count). The summed E-state index contributed by atoms with van der Waals surface area (Å²) in [7, 11) is 0. The van der Waals surface area contributed by atoms with Crippen LogP contribution in [0, 0.1) is 10.1 Å². The zero-order chi connectivity index (χ0) is 10.8. The van der Waals surface area contributed by atoms with Gasteiger partial charge in [0.25, 0.3) is 5.69 Å². The van der Waals surface area contributed by atoms with Gasteiger partial charge >= 0.3 is 0 Å². The van der Waals surface area contributed by atoms with Gasteiger partial charge in [0.05, 0.1) is 4.92 Å². The maximum Gasteiger partial charge on any atom is 0.287 e. The van der Waals surface area contributed by atoms with Crippen molar-refractivity contribution in [3.8, 4) is 10.6 Å². The number of nitro groups is 1. The van der Waals surface area contributed by atoms with Crippen LogP contribution in [0.25, 0.3) is 10.6 Å². The van der Waals surface area contributed by atoms with Gasteiger partial charge in [0, 0.05) is 23.2 Å². The first-order valence-electron chi connectivity index (χ1n) is 4.02. The van der Waals surface area contributed by atoms with E-state index < -0.39 is 4.92 Å². The lowest BCUT2D eigenvalue weighted by atomic mass is 10.2. The summed E-state index contributed by atoms with van der Waals surface area (Å²) in [5.41, 5.74) is 0.706. The molecule has 0 saturated carbocycles. The van der Waals surface area contributed by atoms with Gasteiger partial charge in [-0.3, -0.25) is 10.1 Å². The van der Waals surface area contributed by atoms with E-state index in [4.69, 9.17) is 11.6 Å². The summed E-state index contributed by atoms with van der Waals surface area (Å²) in [5, 5.41) is 13.3.